The van der Waals surface area contributed by atoms with Crippen LogP contribution in [0.25, 0.3) is 11.3 Å². The van der Waals surface area contributed by atoms with Crippen molar-refractivity contribution < 1.29 is 29.3 Å². The van der Waals surface area contributed by atoms with Gasteiger partial charge in [-0.3, -0.25) is 0 Å². The SMILES string of the molecule is COc1ccc(OC)c(CNc2ncc(-c3cccc(Br)c3)n2C)c1.O=C(O)C(=O)O. The van der Waals surface area contributed by atoms with E-state index in [-0.39, 0.29) is 0 Å². The van der Waals surface area contributed by atoms with Crippen molar-refractivity contribution in [1.29, 1.82) is 0 Å². The second-order valence-electron chi connectivity index (χ2n) is 6.18. The van der Waals surface area contributed by atoms with Gasteiger partial charge >= 0.3 is 11.9 Å². The molecular formula is C21H22BrN3O6. The van der Waals surface area contributed by atoms with Crippen LogP contribution < -0.4 is 14.8 Å². The summed E-state index contributed by atoms with van der Waals surface area (Å²) in [6.45, 7) is 0.586. The molecule has 9 nitrogen and oxygen atoms in total. The Balaban J connectivity index is 0.000000501. The maximum atomic E-state index is 9.10. The second kappa shape index (κ2) is 11.0. The molecule has 31 heavy (non-hydrogen) atoms. The van der Waals surface area contributed by atoms with E-state index in [1.54, 1.807) is 14.2 Å². The molecule has 0 atom stereocenters. The number of halogens is 1. The monoisotopic (exact) mass is 491 g/mol. The van der Waals surface area contributed by atoms with Gasteiger partial charge in [0.15, 0.2) is 0 Å². The molecule has 3 aromatic rings. The minimum Gasteiger partial charge on any atom is -0.497 e. The summed E-state index contributed by atoms with van der Waals surface area (Å²) in [5.41, 5.74) is 3.16. The quantitative estimate of drug-likeness (QED) is 0.446. The summed E-state index contributed by atoms with van der Waals surface area (Å²) in [5.74, 6) is -1.24. The van der Waals surface area contributed by atoms with Crippen molar-refractivity contribution >= 4 is 33.8 Å². The Labute approximate surface area is 187 Å². The topological polar surface area (TPSA) is 123 Å². The molecule has 0 saturated carbocycles. The summed E-state index contributed by atoms with van der Waals surface area (Å²) in [7, 11) is 5.31. The first-order valence-corrected chi connectivity index (χ1v) is 9.74. The van der Waals surface area contributed by atoms with Gasteiger partial charge in [0, 0.05) is 29.2 Å². The first-order chi connectivity index (χ1) is 14.8. The van der Waals surface area contributed by atoms with E-state index in [1.807, 2.05) is 48.1 Å². The van der Waals surface area contributed by atoms with Gasteiger partial charge in [0.25, 0.3) is 0 Å². The molecule has 2 aromatic carbocycles. The zero-order valence-electron chi connectivity index (χ0n) is 17.1. The molecule has 3 N–H and O–H groups in total. The van der Waals surface area contributed by atoms with Crippen molar-refractivity contribution in [3.8, 4) is 22.8 Å². The zero-order valence-corrected chi connectivity index (χ0v) is 18.7. The van der Waals surface area contributed by atoms with Crippen LogP contribution in [0.4, 0.5) is 5.95 Å². The Hall–Kier alpha value is -3.53. The van der Waals surface area contributed by atoms with E-state index in [2.05, 4.69) is 38.4 Å². The Kier molecular flexibility index (Phi) is 8.44. The van der Waals surface area contributed by atoms with Crippen LogP contribution in [0, 0.1) is 0 Å². The van der Waals surface area contributed by atoms with Gasteiger partial charge in [-0.1, -0.05) is 28.1 Å². The largest absolute Gasteiger partial charge is 0.497 e. The van der Waals surface area contributed by atoms with E-state index in [0.717, 1.165) is 38.7 Å². The van der Waals surface area contributed by atoms with E-state index < -0.39 is 11.9 Å². The molecule has 0 aliphatic rings. The molecule has 1 aromatic heterocycles. The minimum atomic E-state index is -1.82. The number of carboxylic acids is 2. The van der Waals surface area contributed by atoms with Gasteiger partial charge in [-0.05, 0) is 30.3 Å². The summed E-state index contributed by atoms with van der Waals surface area (Å²) in [6.07, 6.45) is 1.87. The third kappa shape index (κ3) is 6.48. The van der Waals surface area contributed by atoms with E-state index in [4.69, 9.17) is 29.3 Å². The Morgan fingerprint density at radius 3 is 2.39 bits per heavy atom. The molecule has 0 saturated heterocycles. The fraction of sp³-hybridized carbons (Fsp3) is 0.190. The number of methoxy groups -OCH3 is 2. The second-order valence-corrected chi connectivity index (χ2v) is 7.09. The van der Waals surface area contributed by atoms with Crippen molar-refractivity contribution in [2.75, 3.05) is 19.5 Å². The average Bonchev–Trinajstić information content (AvgIpc) is 3.12. The molecule has 3 rings (SSSR count). The van der Waals surface area contributed by atoms with Crippen LogP contribution in [0.5, 0.6) is 11.5 Å². The number of hydrogen-bond donors (Lipinski definition) is 3. The first kappa shape index (κ1) is 23.7. The van der Waals surface area contributed by atoms with E-state index in [9.17, 15) is 0 Å². The smallest absolute Gasteiger partial charge is 0.414 e. The fourth-order valence-corrected chi connectivity index (χ4v) is 3.08. The molecule has 10 heteroatoms. The summed E-state index contributed by atoms with van der Waals surface area (Å²) < 4.78 is 13.8. The molecular weight excluding hydrogens is 470 g/mol. The lowest BCUT2D eigenvalue weighted by molar-refractivity contribution is -0.159. The van der Waals surface area contributed by atoms with Gasteiger partial charge in [0.1, 0.15) is 11.5 Å². The lowest BCUT2D eigenvalue weighted by Gasteiger charge is -2.12. The molecule has 1 heterocycles. The molecule has 0 spiro atoms. The number of imidazole rings is 1. The number of nitrogens with zero attached hydrogens (tertiary/aromatic N) is 2. The number of carbonyl (C=O) groups is 2. The number of aliphatic carboxylic acids is 2. The van der Waals surface area contributed by atoms with Crippen LogP contribution in [-0.2, 0) is 23.2 Å². The van der Waals surface area contributed by atoms with Gasteiger partial charge in [0.2, 0.25) is 5.95 Å². The number of ether oxygens (including phenoxy) is 2. The lowest BCUT2D eigenvalue weighted by atomic mass is 10.2. The van der Waals surface area contributed by atoms with Crippen molar-refractivity contribution in [2.45, 2.75) is 6.54 Å². The van der Waals surface area contributed by atoms with E-state index >= 15 is 0 Å². The van der Waals surface area contributed by atoms with Crippen molar-refractivity contribution in [3.63, 3.8) is 0 Å². The highest BCUT2D eigenvalue weighted by Gasteiger charge is 2.11. The van der Waals surface area contributed by atoms with Crippen LogP contribution in [0.3, 0.4) is 0 Å². The third-order valence-corrected chi connectivity index (χ3v) is 4.71. The lowest BCUT2D eigenvalue weighted by Crippen LogP contribution is -2.09. The Bertz CT molecular complexity index is 1060. The normalized spacial score (nSPS) is 9.94. The third-order valence-electron chi connectivity index (χ3n) is 4.22. The fourth-order valence-electron chi connectivity index (χ4n) is 2.68. The maximum absolute atomic E-state index is 9.10. The van der Waals surface area contributed by atoms with Gasteiger partial charge in [-0.2, -0.15) is 0 Å². The zero-order chi connectivity index (χ0) is 23.0. The molecule has 0 bridgehead atoms. The van der Waals surface area contributed by atoms with Crippen molar-refractivity contribution in [3.05, 3.63) is 58.7 Å². The molecule has 0 fully saturated rings. The molecule has 0 radical (unpaired) electrons. The summed E-state index contributed by atoms with van der Waals surface area (Å²) in [4.78, 5) is 22.7. The summed E-state index contributed by atoms with van der Waals surface area (Å²) in [5, 5.41) is 18.1. The number of nitrogens with one attached hydrogen (secondary N) is 1. The van der Waals surface area contributed by atoms with Crippen LogP contribution >= 0.6 is 15.9 Å². The predicted molar refractivity (Wildman–Crippen MR) is 118 cm³/mol. The Morgan fingerprint density at radius 2 is 1.81 bits per heavy atom. The molecule has 0 aliphatic carbocycles. The van der Waals surface area contributed by atoms with Gasteiger partial charge in [-0.25, -0.2) is 14.6 Å². The summed E-state index contributed by atoms with van der Waals surface area (Å²) in [6, 6.07) is 13.9. The molecule has 164 valence electrons. The molecule has 0 unspecified atom stereocenters. The van der Waals surface area contributed by atoms with E-state index in [1.165, 1.54) is 0 Å². The van der Waals surface area contributed by atoms with Crippen LogP contribution in [0.1, 0.15) is 5.56 Å². The summed E-state index contributed by atoms with van der Waals surface area (Å²) >= 11 is 3.51. The highest BCUT2D eigenvalue weighted by molar-refractivity contribution is 9.10. The van der Waals surface area contributed by atoms with Gasteiger partial charge in [0.05, 0.1) is 26.1 Å². The van der Waals surface area contributed by atoms with Gasteiger partial charge < -0.3 is 29.6 Å². The Morgan fingerprint density at radius 1 is 1.10 bits per heavy atom. The number of hydrogen-bond acceptors (Lipinski definition) is 6. The van der Waals surface area contributed by atoms with Crippen molar-refractivity contribution in [2.24, 2.45) is 7.05 Å². The van der Waals surface area contributed by atoms with Gasteiger partial charge in [-0.15, -0.1) is 0 Å². The average molecular weight is 492 g/mol. The number of aromatic nitrogens is 2. The van der Waals surface area contributed by atoms with E-state index in [0.29, 0.717) is 6.54 Å². The predicted octanol–water partition coefficient (Wildman–Crippen LogP) is 3.63. The molecule has 0 amide bonds. The highest BCUT2D eigenvalue weighted by atomic mass is 79.9. The maximum Gasteiger partial charge on any atom is 0.414 e. The number of carboxylic acid groups (broad SMARTS) is 2. The van der Waals surface area contributed by atoms with Crippen LogP contribution in [-0.4, -0.2) is 45.9 Å². The minimum absolute atomic E-state index is 0.586. The number of rotatable bonds is 6. The number of anilines is 1. The molecule has 0 aliphatic heterocycles. The number of benzene rings is 2. The van der Waals surface area contributed by atoms with Crippen LogP contribution in [0.2, 0.25) is 0 Å². The van der Waals surface area contributed by atoms with Crippen LogP contribution in [0.15, 0.2) is 53.1 Å². The van der Waals surface area contributed by atoms with Crippen molar-refractivity contribution in [1.82, 2.24) is 9.55 Å². The first-order valence-electron chi connectivity index (χ1n) is 8.95. The standard InChI is InChI=1S/C19H20BrN3O2.C2H2O4/c1-23-17(13-5-4-6-15(20)9-13)12-22-19(23)21-11-14-10-16(24-2)7-8-18(14)25-3;3-1(4)2(5)6/h4-10,12H,11H2,1-3H3,(H,21,22);(H,3,4)(H,5,6). The highest BCUT2D eigenvalue weighted by Crippen LogP contribution is 2.27.